The number of nitrogens with one attached hydrogen (secondary N) is 1. The Morgan fingerprint density at radius 2 is 2.22 bits per heavy atom. The van der Waals surface area contributed by atoms with E-state index in [0.29, 0.717) is 6.04 Å². The van der Waals surface area contributed by atoms with Crippen molar-refractivity contribution in [2.75, 3.05) is 0 Å². The van der Waals surface area contributed by atoms with Gasteiger partial charge in [-0.3, -0.25) is 9.78 Å². The highest BCUT2D eigenvalue weighted by atomic mass is 35.5. The first-order valence-electron chi connectivity index (χ1n) is 6.03. The summed E-state index contributed by atoms with van der Waals surface area (Å²) in [5.74, 6) is -0.109. The summed E-state index contributed by atoms with van der Waals surface area (Å²) in [7, 11) is 0. The minimum absolute atomic E-state index is 0.109. The molecule has 0 spiro atoms. The van der Waals surface area contributed by atoms with Crippen LogP contribution in [0.3, 0.4) is 0 Å². The van der Waals surface area contributed by atoms with Gasteiger partial charge in [-0.2, -0.15) is 0 Å². The van der Waals surface area contributed by atoms with Gasteiger partial charge >= 0.3 is 0 Å². The molecular weight excluding hydrogens is 248 g/mol. The minimum atomic E-state index is -0.629. The second-order valence-electron chi connectivity index (χ2n) is 4.60. The average Bonchev–Trinajstić information content (AvgIpc) is 3.21. The third-order valence-electron chi connectivity index (χ3n) is 3.07. The van der Waals surface area contributed by atoms with E-state index in [1.807, 2.05) is 30.3 Å². The molecule has 1 unspecified atom stereocenters. The summed E-state index contributed by atoms with van der Waals surface area (Å²) >= 11 is 6.20. The molecule has 0 bridgehead atoms. The van der Waals surface area contributed by atoms with Crippen LogP contribution >= 0.6 is 11.6 Å². The van der Waals surface area contributed by atoms with E-state index in [2.05, 4.69) is 10.3 Å². The number of carbonyl (C=O) groups excluding carboxylic acids is 1. The molecule has 4 heteroatoms. The van der Waals surface area contributed by atoms with E-state index in [0.717, 1.165) is 29.3 Å². The summed E-state index contributed by atoms with van der Waals surface area (Å²) in [6.45, 7) is 0. The summed E-state index contributed by atoms with van der Waals surface area (Å²) in [4.78, 5) is 16.1. The van der Waals surface area contributed by atoms with Crippen LogP contribution in [0.5, 0.6) is 0 Å². The topological polar surface area (TPSA) is 42.0 Å². The number of fused-ring (bicyclic) bond motifs is 1. The third-order valence-corrected chi connectivity index (χ3v) is 3.52. The predicted octanol–water partition coefficient (Wildman–Crippen LogP) is 2.79. The maximum atomic E-state index is 11.9. The predicted molar refractivity (Wildman–Crippen MR) is 71.5 cm³/mol. The van der Waals surface area contributed by atoms with E-state index in [4.69, 9.17) is 11.6 Å². The number of nitrogens with zero attached hydrogens (tertiary/aromatic N) is 1. The van der Waals surface area contributed by atoms with Crippen molar-refractivity contribution in [2.24, 2.45) is 0 Å². The number of hydrogen-bond acceptors (Lipinski definition) is 2. The van der Waals surface area contributed by atoms with E-state index in [1.54, 1.807) is 6.20 Å². The highest BCUT2D eigenvalue weighted by molar-refractivity contribution is 6.30. The van der Waals surface area contributed by atoms with Crippen LogP contribution in [-0.4, -0.2) is 16.9 Å². The zero-order valence-corrected chi connectivity index (χ0v) is 10.5. The number of rotatable bonds is 3. The molecule has 1 N–H and O–H groups in total. The molecule has 0 aliphatic heterocycles. The van der Waals surface area contributed by atoms with E-state index in [1.165, 1.54) is 0 Å². The zero-order valence-electron chi connectivity index (χ0n) is 9.77. The van der Waals surface area contributed by atoms with E-state index < -0.39 is 5.38 Å². The number of halogens is 1. The van der Waals surface area contributed by atoms with Gasteiger partial charge in [-0.15, -0.1) is 11.6 Å². The molecule has 3 nitrogen and oxygen atoms in total. The van der Waals surface area contributed by atoms with E-state index in [-0.39, 0.29) is 5.91 Å². The number of aromatic nitrogens is 1. The molecule has 2 aromatic rings. The quantitative estimate of drug-likeness (QED) is 0.863. The van der Waals surface area contributed by atoms with Crippen LogP contribution in [-0.2, 0) is 4.79 Å². The molecule has 1 aliphatic rings. The van der Waals surface area contributed by atoms with Crippen molar-refractivity contribution in [1.29, 1.82) is 0 Å². The maximum absolute atomic E-state index is 11.9. The zero-order chi connectivity index (χ0) is 12.5. The standard InChI is InChI=1S/C14H13ClN2O/c15-13(14(18)17-11-4-5-11)10-3-6-12-9(8-10)2-1-7-16-12/h1-3,6-8,11,13H,4-5H2,(H,17,18). The van der Waals surface area contributed by atoms with Crippen molar-refractivity contribution in [3.63, 3.8) is 0 Å². The summed E-state index contributed by atoms with van der Waals surface area (Å²) < 4.78 is 0. The Morgan fingerprint density at radius 1 is 1.39 bits per heavy atom. The maximum Gasteiger partial charge on any atom is 0.242 e. The monoisotopic (exact) mass is 260 g/mol. The van der Waals surface area contributed by atoms with Gasteiger partial charge < -0.3 is 5.32 Å². The van der Waals surface area contributed by atoms with Crippen LogP contribution in [0.1, 0.15) is 23.8 Å². The number of pyridine rings is 1. The smallest absolute Gasteiger partial charge is 0.242 e. The molecule has 1 fully saturated rings. The van der Waals surface area contributed by atoms with Gasteiger partial charge in [-0.1, -0.05) is 12.1 Å². The number of hydrogen-bond donors (Lipinski definition) is 1. The summed E-state index contributed by atoms with van der Waals surface area (Å²) in [5.41, 5.74) is 1.73. The third kappa shape index (κ3) is 2.31. The highest BCUT2D eigenvalue weighted by Crippen LogP contribution is 2.26. The summed E-state index contributed by atoms with van der Waals surface area (Å²) in [6, 6.07) is 9.85. The Morgan fingerprint density at radius 3 is 3.00 bits per heavy atom. The lowest BCUT2D eigenvalue weighted by molar-refractivity contribution is -0.121. The molecule has 1 aromatic carbocycles. The lowest BCUT2D eigenvalue weighted by atomic mass is 10.1. The van der Waals surface area contributed by atoms with Gasteiger partial charge in [0, 0.05) is 17.6 Å². The minimum Gasteiger partial charge on any atom is -0.352 e. The summed E-state index contributed by atoms with van der Waals surface area (Å²) in [5, 5.41) is 3.28. The fourth-order valence-electron chi connectivity index (χ4n) is 1.91. The van der Waals surface area contributed by atoms with Crippen molar-refractivity contribution in [2.45, 2.75) is 24.3 Å². The molecule has 0 saturated heterocycles. The lowest BCUT2D eigenvalue weighted by Gasteiger charge is -2.10. The second kappa shape index (κ2) is 4.58. The number of alkyl halides is 1. The molecule has 1 aromatic heterocycles. The molecule has 1 heterocycles. The van der Waals surface area contributed by atoms with Crippen LogP contribution in [0.25, 0.3) is 10.9 Å². The van der Waals surface area contributed by atoms with Crippen LogP contribution in [0.15, 0.2) is 36.5 Å². The SMILES string of the molecule is O=C(NC1CC1)C(Cl)c1ccc2ncccc2c1. The first kappa shape index (κ1) is 11.5. The van der Waals surface area contributed by atoms with Crippen LogP contribution in [0.2, 0.25) is 0 Å². The average molecular weight is 261 g/mol. The Labute approximate surface area is 110 Å². The second-order valence-corrected chi connectivity index (χ2v) is 5.04. The van der Waals surface area contributed by atoms with Crippen LogP contribution in [0, 0.1) is 0 Å². The van der Waals surface area contributed by atoms with Gasteiger partial charge in [0.05, 0.1) is 5.52 Å². The molecular formula is C14H13ClN2O. The summed E-state index contributed by atoms with van der Waals surface area (Å²) in [6.07, 6.45) is 3.88. The van der Waals surface area contributed by atoms with Gasteiger partial charge in [0.15, 0.2) is 0 Å². The number of benzene rings is 1. The van der Waals surface area contributed by atoms with Gasteiger partial charge in [0.25, 0.3) is 0 Å². The largest absolute Gasteiger partial charge is 0.352 e. The van der Waals surface area contributed by atoms with Crippen LogP contribution < -0.4 is 5.32 Å². The first-order chi connectivity index (χ1) is 8.74. The molecule has 92 valence electrons. The normalized spacial score (nSPS) is 16.5. The van der Waals surface area contributed by atoms with E-state index >= 15 is 0 Å². The van der Waals surface area contributed by atoms with Gasteiger partial charge in [-0.05, 0) is 36.6 Å². The molecule has 18 heavy (non-hydrogen) atoms. The van der Waals surface area contributed by atoms with Crippen molar-refractivity contribution in [3.05, 3.63) is 42.1 Å². The fraction of sp³-hybridized carbons (Fsp3) is 0.286. The van der Waals surface area contributed by atoms with Crippen molar-refractivity contribution in [1.82, 2.24) is 10.3 Å². The van der Waals surface area contributed by atoms with Crippen molar-refractivity contribution < 1.29 is 4.79 Å². The molecule has 1 aliphatic carbocycles. The van der Waals surface area contributed by atoms with Gasteiger partial charge in [0.1, 0.15) is 5.38 Å². The van der Waals surface area contributed by atoms with Crippen LogP contribution in [0.4, 0.5) is 0 Å². The first-order valence-corrected chi connectivity index (χ1v) is 6.47. The van der Waals surface area contributed by atoms with Crippen molar-refractivity contribution in [3.8, 4) is 0 Å². The highest BCUT2D eigenvalue weighted by Gasteiger charge is 2.27. The molecule has 1 saturated carbocycles. The Kier molecular flexibility index (Phi) is 2.92. The lowest BCUT2D eigenvalue weighted by Crippen LogP contribution is -2.28. The fourth-order valence-corrected chi connectivity index (χ4v) is 2.10. The van der Waals surface area contributed by atoms with Gasteiger partial charge in [-0.25, -0.2) is 0 Å². The number of carbonyl (C=O) groups is 1. The van der Waals surface area contributed by atoms with E-state index in [9.17, 15) is 4.79 Å². The van der Waals surface area contributed by atoms with Crippen molar-refractivity contribution >= 4 is 28.4 Å². The molecule has 3 rings (SSSR count). The Balaban J connectivity index is 1.85. The van der Waals surface area contributed by atoms with Gasteiger partial charge in [0.2, 0.25) is 5.91 Å². The molecule has 1 atom stereocenters. The molecule has 0 radical (unpaired) electrons. The number of amides is 1. The molecule has 1 amide bonds. The Hall–Kier alpha value is -1.61. The Bertz CT molecular complexity index is 595.